The molecule has 1 aromatic heterocycles. The fourth-order valence-corrected chi connectivity index (χ4v) is 1.71. The van der Waals surface area contributed by atoms with Crippen molar-refractivity contribution >= 4 is 16.9 Å². The van der Waals surface area contributed by atoms with Crippen LogP contribution in [0.3, 0.4) is 0 Å². The first-order valence-corrected chi connectivity index (χ1v) is 6.46. The van der Waals surface area contributed by atoms with E-state index in [9.17, 15) is 14.7 Å². The number of aliphatic hydroxyl groups is 1. The van der Waals surface area contributed by atoms with Crippen molar-refractivity contribution in [3.05, 3.63) is 46.3 Å². The quantitative estimate of drug-likeness (QED) is 0.832. The first kappa shape index (κ1) is 14.3. The van der Waals surface area contributed by atoms with Gasteiger partial charge in [0.1, 0.15) is 11.1 Å². The summed E-state index contributed by atoms with van der Waals surface area (Å²) in [4.78, 5) is 23.8. The van der Waals surface area contributed by atoms with E-state index >= 15 is 0 Å². The summed E-state index contributed by atoms with van der Waals surface area (Å²) in [5, 5.41) is 13.1. The summed E-state index contributed by atoms with van der Waals surface area (Å²) in [5.41, 5.74) is -1.30. The number of para-hydroxylation sites is 1. The lowest BCUT2D eigenvalue weighted by molar-refractivity contribution is 0.0517. The number of hydrogen-bond acceptors (Lipinski definition) is 4. The Balaban J connectivity index is 2.26. The minimum atomic E-state index is -0.993. The molecule has 2 N–H and O–H groups in total. The van der Waals surface area contributed by atoms with Gasteiger partial charge in [-0.1, -0.05) is 25.1 Å². The first-order chi connectivity index (χ1) is 9.43. The van der Waals surface area contributed by atoms with Crippen molar-refractivity contribution in [1.29, 1.82) is 0 Å². The van der Waals surface area contributed by atoms with E-state index in [0.717, 1.165) is 0 Å². The van der Waals surface area contributed by atoms with E-state index in [2.05, 4.69) is 5.32 Å². The lowest BCUT2D eigenvalue weighted by atomic mass is 10.0. The van der Waals surface area contributed by atoms with E-state index in [-0.39, 0.29) is 12.1 Å². The second kappa shape index (κ2) is 5.46. The molecular formula is C15H17NO4. The van der Waals surface area contributed by atoms with Gasteiger partial charge in [0.05, 0.1) is 5.60 Å². The SMILES string of the molecule is CCC(C)(O)CNC(=O)c1cc2ccccc2oc1=O. The Hall–Kier alpha value is -2.14. The van der Waals surface area contributed by atoms with Gasteiger partial charge < -0.3 is 14.8 Å². The molecule has 0 aliphatic carbocycles. The van der Waals surface area contributed by atoms with Crippen LogP contribution in [-0.2, 0) is 0 Å². The third kappa shape index (κ3) is 3.05. The van der Waals surface area contributed by atoms with Crippen LogP contribution in [0.25, 0.3) is 11.0 Å². The zero-order valence-corrected chi connectivity index (χ0v) is 11.5. The van der Waals surface area contributed by atoms with Crippen molar-refractivity contribution in [3.8, 4) is 0 Å². The van der Waals surface area contributed by atoms with E-state index in [1.165, 1.54) is 6.07 Å². The fourth-order valence-electron chi connectivity index (χ4n) is 1.71. The van der Waals surface area contributed by atoms with Crippen LogP contribution in [0.2, 0.25) is 0 Å². The molecule has 5 heteroatoms. The van der Waals surface area contributed by atoms with Crippen molar-refractivity contribution in [1.82, 2.24) is 5.32 Å². The summed E-state index contributed by atoms with van der Waals surface area (Å²) in [5.74, 6) is -0.543. The maximum absolute atomic E-state index is 12.0. The van der Waals surface area contributed by atoms with Gasteiger partial charge in [-0.25, -0.2) is 4.79 Å². The Bertz CT molecular complexity index is 688. The fraction of sp³-hybridized carbons (Fsp3) is 0.333. The molecule has 0 spiro atoms. The average Bonchev–Trinajstić information content (AvgIpc) is 2.44. The maximum Gasteiger partial charge on any atom is 0.349 e. The number of carbonyl (C=O) groups excluding carboxylic acids is 1. The van der Waals surface area contributed by atoms with Crippen molar-refractivity contribution in [2.75, 3.05) is 6.54 Å². The molecule has 1 unspecified atom stereocenters. The summed E-state index contributed by atoms with van der Waals surface area (Å²) in [6, 6.07) is 8.48. The number of fused-ring (bicyclic) bond motifs is 1. The minimum Gasteiger partial charge on any atom is -0.422 e. The van der Waals surface area contributed by atoms with E-state index in [4.69, 9.17) is 4.42 Å². The highest BCUT2D eigenvalue weighted by Gasteiger charge is 2.20. The van der Waals surface area contributed by atoms with Crippen molar-refractivity contribution in [2.45, 2.75) is 25.9 Å². The predicted molar refractivity (Wildman–Crippen MR) is 75.7 cm³/mol. The van der Waals surface area contributed by atoms with Gasteiger partial charge in [0.15, 0.2) is 0 Å². The van der Waals surface area contributed by atoms with Crippen LogP contribution < -0.4 is 10.9 Å². The Labute approximate surface area is 116 Å². The van der Waals surface area contributed by atoms with E-state index in [1.807, 2.05) is 6.92 Å². The van der Waals surface area contributed by atoms with Crippen molar-refractivity contribution < 1.29 is 14.3 Å². The van der Waals surface area contributed by atoms with Gasteiger partial charge in [-0.2, -0.15) is 0 Å². The molecule has 1 aromatic carbocycles. The number of carbonyl (C=O) groups is 1. The first-order valence-electron chi connectivity index (χ1n) is 6.46. The van der Waals surface area contributed by atoms with Crippen LogP contribution >= 0.6 is 0 Å². The molecule has 0 radical (unpaired) electrons. The molecule has 0 saturated heterocycles. The molecular weight excluding hydrogens is 258 g/mol. The molecule has 0 aliphatic heterocycles. The topological polar surface area (TPSA) is 79.5 Å². The lowest BCUT2D eigenvalue weighted by Crippen LogP contribution is -2.41. The standard InChI is InChI=1S/C15H17NO4/c1-3-15(2,19)9-16-13(17)11-8-10-6-4-5-7-12(10)20-14(11)18/h4-8,19H,3,9H2,1-2H3,(H,16,17). The summed E-state index contributed by atoms with van der Waals surface area (Å²) >= 11 is 0. The van der Waals surface area contributed by atoms with Crippen LogP contribution in [-0.4, -0.2) is 23.2 Å². The zero-order valence-electron chi connectivity index (χ0n) is 11.5. The number of rotatable bonds is 4. The van der Waals surface area contributed by atoms with Gasteiger partial charge in [-0.3, -0.25) is 4.79 Å². The summed E-state index contributed by atoms with van der Waals surface area (Å²) in [7, 11) is 0. The van der Waals surface area contributed by atoms with E-state index in [1.54, 1.807) is 31.2 Å². The monoisotopic (exact) mass is 275 g/mol. The molecule has 5 nitrogen and oxygen atoms in total. The second-order valence-corrected chi connectivity index (χ2v) is 5.02. The van der Waals surface area contributed by atoms with Crippen LogP contribution in [0.4, 0.5) is 0 Å². The Kier molecular flexibility index (Phi) is 3.90. The molecule has 2 rings (SSSR count). The van der Waals surface area contributed by atoms with Gasteiger partial charge in [0.2, 0.25) is 0 Å². The molecule has 1 amide bonds. The smallest absolute Gasteiger partial charge is 0.349 e. The second-order valence-electron chi connectivity index (χ2n) is 5.02. The highest BCUT2D eigenvalue weighted by atomic mass is 16.4. The van der Waals surface area contributed by atoms with E-state index < -0.39 is 17.1 Å². The van der Waals surface area contributed by atoms with Gasteiger partial charge in [-0.05, 0) is 25.5 Å². The highest BCUT2D eigenvalue weighted by molar-refractivity contribution is 5.96. The van der Waals surface area contributed by atoms with Gasteiger partial charge in [0.25, 0.3) is 5.91 Å². The van der Waals surface area contributed by atoms with Crippen molar-refractivity contribution in [2.24, 2.45) is 0 Å². The van der Waals surface area contributed by atoms with Crippen LogP contribution in [0.1, 0.15) is 30.6 Å². The van der Waals surface area contributed by atoms with Gasteiger partial charge >= 0.3 is 5.63 Å². The normalized spacial score (nSPS) is 13.9. The molecule has 0 fully saturated rings. The molecule has 0 bridgehead atoms. The number of hydrogen-bond donors (Lipinski definition) is 2. The molecule has 2 aromatic rings. The molecule has 1 atom stereocenters. The predicted octanol–water partition coefficient (Wildman–Crippen LogP) is 1.68. The van der Waals surface area contributed by atoms with E-state index in [0.29, 0.717) is 17.4 Å². The van der Waals surface area contributed by atoms with Crippen LogP contribution in [0.5, 0.6) is 0 Å². The Morgan fingerprint density at radius 3 is 2.80 bits per heavy atom. The third-order valence-corrected chi connectivity index (χ3v) is 3.28. The molecule has 106 valence electrons. The summed E-state index contributed by atoms with van der Waals surface area (Å²) < 4.78 is 5.09. The molecule has 0 aliphatic rings. The number of nitrogens with one attached hydrogen (secondary N) is 1. The highest BCUT2D eigenvalue weighted by Crippen LogP contribution is 2.13. The largest absolute Gasteiger partial charge is 0.422 e. The Morgan fingerprint density at radius 1 is 1.40 bits per heavy atom. The maximum atomic E-state index is 12.0. The molecule has 20 heavy (non-hydrogen) atoms. The summed E-state index contributed by atoms with van der Waals surface area (Å²) in [6.45, 7) is 3.52. The van der Waals surface area contributed by atoms with Gasteiger partial charge in [-0.15, -0.1) is 0 Å². The van der Waals surface area contributed by atoms with Gasteiger partial charge in [0, 0.05) is 11.9 Å². The summed E-state index contributed by atoms with van der Waals surface area (Å²) in [6.07, 6.45) is 0.500. The van der Waals surface area contributed by atoms with Crippen LogP contribution in [0.15, 0.2) is 39.5 Å². The number of benzene rings is 1. The number of amides is 1. The molecule has 0 saturated carbocycles. The third-order valence-electron chi connectivity index (χ3n) is 3.28. The Morgan fingerprint density at radius 2 is 2.10 bits per heavy atom. The van der Waals surface area contributed by atoms with Crippen LogP contribution in [0, 0.1) is 0 Å². The molecule has 1 heterocycles. The average molecular weight is 275 g/mol. The lowest BCUT2D eigenvalue weighted by Gasteiger charge is -2.21. The zero-order chi connectivity index (χ0) is 14.8. The minimum absolute atomic E-state index is 0.0596. The van der Waals surface area contributed by atoms with Crippen molar-refractivity contribution in [3.63, 3.8) is 0 Å².